The lowest BCUT2D eigenvalue weighted by atomic mass is 10.0. The Morgan fingerprint density at radius 1 is 1.28 bits per heavy atom. The van der Waals surface area contributed by atoms with Gasteiger partial charge >= 0.3 is 0 Å². The van der Waals surface area contributed by atoms with E-state index in [1.165, 1.54) is 24.1 Å². The summed E-state index contributed by atoms with van der Waals surface area (Å²) >= 11 is 1.46. The van der Waals surface area contributed by atoms with Gasteiger partial charge in [-0.05, 0) is 36.2 Å². The van der Waals surface area contributed by atoms with E-state index in [4.69, 9.17) is 0 Å². The van der Waals surface area contributed by atoms with Crippen molar-refractivity contribution in [3.63, 3.8) is 0 Å². The number of benzene rings is 1. The maximum atomic E-state index is 13.8. The Morgan fingerprint density at radius 3 is 3.00 bits per heavy atom. The molecule has 0 saturated carbocycles. The summed E-state index contributed by atoms with van der Waals surface area (Å²) in [4.78, 5) is 1.98. The summed E-state index contributed by atoms with van der Waals surface area (Å²) in [5.74, 6) is 0.515. The van der Waals surface area contributed by atoms with Crippen LogP contribution >= 0.6 is 11.9 Å². The molecule has 0 unspecified atom stereocenters. The molecule has 0 spiro atoms. The first-order valence-corrected chi connectivity index (χ1v) is 6.51. The Hall–Kier alpha value is -1.62. The molecule has 5 heteroatoms. The van der Waals surface area contributed by atoms with Crippen molar-refractivity contribution in [3.05, 3.63) is 53.7 Å². The highest BCUT2D eigenvalue weighted by Gasteiger charge is 2.23. The topological polar surface area (TPSA) is 15.6 Å². The van der Waals surface area contributed by atoms with Gasteiger partial charge in [-0.1, -0.05) is 0 Å². The number of rotatable bonds is 1. The van der Waals surface area contributed by atoms with E-state index in [1.54, 1.807) is 6.08 Å². The van der Waals surface area contributed by atoms with Crippen molar-refractivity contribution in [2.24, 2.45) is 4.40 Å². The third-order valence-electron chi connectivity index (χ3n) is 2.84. The number of allylic oxidation sites excluding steroid dienone is 2. The minimum absolute atomic E-state index is 0.381. The van der Waals surface area contributed by atoms with Gasteiger partial charge in [-0.3, -0.25) is 0 Å². The number of halogens is 2. The van der Waals surface area contributed by atoms with Crippen molar-refractivity contribution in [2.75, 3.05) is 12.3 Å². The monoisotopic (exact) mass is 264 g/mol. The molecule has 0 atom stereocenters. The Balaban J connectivity index is 2.07. The highest BCUT2D eigenvalue weighted by atomic mass is 32.2. The van der Waals surface area contributed by atoms with E-state index in [-0.39, 0.29) is 0 Å². The van der Waals surface area contributed by atoms with E-state index in [0.717, 1.165) is 24.2 Å². The van der Waals surface area contributed by atoms with E-state index >= 15 is 0 Å². The van der Waals surface area contributed by atoms with Gasteiger partial charge in [0.1, 0.15) is 17.5 Å². The lowest BCUT2D eigenvalue weighted by Gasteiger charge is -2.29. The van der Waals surface area contributed by atoms with Gasteiger partial charge in [0, 0.05) is 35.7 Å². The third-order valence-corrected chi connectivity index (χ3v) is 3.50. The first-order chi connectivity index (χ1) is 8.75. The standard InChI is InChI=1S/C13H10F2N2S/c14-9-3-4-10(12(15)8-9)11-2-1-5-17-6-7-18-16-13(11)17/h1-5,8H,6-7H2. The predicted octanol–water partition coefficient (Wildman–Crippen LogP) is 3.24. The fraction of sp³-hybridized carbons (Fsp3) is 0.154. The Labute approximate surface area is 108 Å². The molecule has 0 amide bonds. The van der Waals surface area contributed by atoms with E-state index < -0.39 is 11.6 Å². The van der Waals surface area contributed by atoms with Crippen molar-refractivity contribution < 1.29 is 8.78 Å². The molecule has 0 radical (unpaired) electrons. The molecular weight excluding hydrogens is 254 g/mol. The molecule has 2 nitrogen and oxygen atoms in total. The largest absolute Gasteiger partial charge is 0.331 e. The molecular formula is C13H10F2N2S. The second kappa shape index (κ2) is 4.57. The first kappa shape index (κ1) is 11.5. The minimum Gasteiger partial charge on any atom is -0.331 e. The molecule has 0 N–H and O–H groups in total. The van der Waals surface area contributed by atoms with Crippen LogP contribution in [0.4, 0.5) is 8.78 Å². The molecule has 0 aromatic heterocycles. The first-order valence-electron chi connectivity index (χ1n) is 5.56. The zero-order valence-corrected chi connectivity index (χ0v) is 10.3. The normalized spacial score (nSPS) is 18.2. The van der Waals surface area contributed by atoms with Crippen LogP contribution in [0.5, 0.6) is 0 Å². The summed E-state index contributed by atoms with van der Waals surface area (Å²) in [5.41, 5.74) is 1.08. The Morgan fingerprint density at radius 2 is 2.17 bits per heavy atom. The lowest BCUT2D eigenvalue weighted by Crippen LogP contribution is -2.32. The quantitative estimate of drug-likeness (QED) is 0.724. The van der Waals surface area contributed by atoms with Crippen LogP contribution in [0, 0.1) is 11.6 Å². The maximum Gasteiger partial charge on any atom is 0.148 e. The van der Waals surface area contributed by atoms with Crippen LogP contribution in [0.3, 0.4) is 0 Å². The van der Waals surface area contributed by atoms with Crippen molar-refractivity contribution in [2.45, 2.75) is 0 Å². The summed E-state index contributed by atoms with van der Waals surface area (Å²) < 4.78 is 31.1. The number of hydrogen-bond acceptors (Lipinski definition) is 3. The zero-order chi connectivity index (χ0) is 12.5. The average Bonchev–Trinajstić information content (AvgIpc) is 2.38. The van der Waals surface area contributed by atoms with Gasteiger partial charge < -0.3 is 4.90 Å². The SMILES string of the molecule is Fc1ccc(C2=CC=CN3CCSN=C23)c(F)c1. The Bertz CT molecular complexity index is 578. The van der Waals surface area contributed by atoms with Gasteiger partial charge in [-0.2, -0.15) is 4.40 Å². The van der Waals surface area contributed by atoms with E-state index in [1.807, 2.05) is 17.2 Å². The van der Waals surface area contributed by atoms with Crippen LogP contribution < -0.4 is 0 Å². The maximum absolute atomic E-state index is 13.8. The highest BCUT2D eigenvalue weighted by Crippen LogP contribution is 2.28. The van der Waals surface area contributed by atoms with E-state index in [9.17, 15) is 8.78 Å². The smallest absolute Gasteiger partial charge is 0.148 e. The third kappa shape index (κ3) is 1.95. The second-order valence-corrected chi connectivity index (χ2v) is 4.84. The van der Waals surface area contributed by atoms with Crippen LogP contribution in [0.2, 0.25) is 0 Å². The van der Waals surface area contributed by atoms with Crippen LogP contribution in [-0.2, 0) is 0 Å². The molecule has 2 heterocycles. The summed E-state index contributed by atoms with van der Waals surface area (Å²) in [6, 6.07) is 3.61. The summed E-state index contributed by atoms with van der Waals surface area (Å²) in [5, 5.41) is 0. The number of amidine groups is 1. The fourth-order valence-corrected chi connectivity index (χ4v) is 2.68. The van der Waals surface area contributed by atoms with Gasteiger partial charge in [0.05, 0.1) is 0 Å². The molecule has 0 saturated heterocycles. The Kier molecular flexibility index (Phi) is 2.91. The molecule has 1 aromatic rings. The van der Waals surface area contributed by atoms with Crippen molar-refractivity contribution in [1.82, 2.24) is 4.90 Å². The van der Waals surface area contributed by atoms with Crippen LogP contribution in [0.15, 0.2) is 40.9 Å². The summed E-state index contributed by atoms with van der Waals surface area (Å²) in [7, 11) is 0. The second-order valence-electron chi connectivity index (χ2n) is 3.99. The predicted molar refractivity (Wildman–Crippen MR) is 70.1 cm³/mol. The summed E-state index contributed by atoms with van der Waals surface area (Å²) in [6.07, 6.45) is 5.58. The highest BCUT2D eigenvalue weighted by molar-refractivity contribution is 7.98. The number of nitrogens with zero attached hydrogens (tertiary/aromatic N) is 2. The zero-order valence-electron chi connectivity index (χ0n) is 9.44. The molecule has 92 valence electrons. The number of fused-ring (bicyclic) bond motifs is 1. The van der Waals surface area contributed by atoms with E-state index in [2.05, 4.69) is 4.40 Å². The van der Waals surface area contributed by atoms with Gasteiger partial charge in [0.15, 0.2) is 0 Å². The van der Waals surface area contributed by atoms with Gasteiger partial charge in [0.25, 0.3) is 0 Å². The van der Waals surface area contributed by atoms with Crippen LogP contribution in [0.1, 0.15) is 5.56 Å². The van der Waals surface area contributed by atoms with Crippen molar-refractivity contribution in [1.29, 1.82) is 0 Å². The molecule has 1 aromatic carbocycles. The summed E-state index contributed by atoms with van der Waals surface area (Å²) in [6.45, 7) is 0.847. The molecule has 3 rings (SSSR count). The number of hydrogen-bond donors (Lipinski definition) is 0. The molecule has 18 heavy (non-hydrogen) atoms. The molecule has 0 fully saturated rings. The minimum atomic E-state index is -0.569. The molecule has 0 aliphatic carbocycles. The van der Waals surface area contributed by atoms with Crippen LogP contribution in [-0.4, -0.2) is 23.0 Å². The van der Waals surface area contributed by atoms with Crippen molar-refractivity contribution >= 4 is 23.4 Å². The lowest BCUT2D eigenvalue weighted by molar-refractivity contribution is 0.577. The van der Waals surface area contributed by atoms with Gasteiger partial charge in [-0.25, -0.2) is 8.78 Å². The van der Waals surface area contributed by atoms with Crippen LogP contribution in [0.25, 0.3) is 5.57 Å². The van der Waals surface area contributed by atoms with Gasteiger partial charge in [-0.15, -0.1) is 0 Å². The molecule has 2 aliphatic rings. The average molecular weight is 264 g/mol. The fourth-order valence-electron chi connectivity index (χ4n) is 1.99. The van der Waals surface area contributed by atoms with E-state index in [0.29, 0.717) is 11.1 Å². The molecule has 2 aliphatic heterocycles. The van der Waals surface area contributed by atoms with Gasteiger partial charge in [0.2, 0.25) is 0 Å². The molecule has 0 bridgehead atoms. The van der Waals surface area contributed by atoms with Crippen molar-refractivity contribution in [3.8, 4) is 0 Å².